The highest BCUT2D eigenvalue weighted by Gasteiger charge is 2.34. The van der Waals surface area contributed by atoms with Gasteiger partial charge >= 0.3 is 0 Å². The zero-order valence-electron chi connectivity index (χ0n) is 9.43. The monoisotopic (exact) mass is 263 g/mol. The quantitative estimate of drug-likeness (QED) is 0.621. The summed E-state index contributed by atoms with van der Waals surface area (Å²) in [6.07, 6.45) is 2.87. The summed E-state index contributed by atoms with van der Waals surface area (Å²) < 4.78 is 13.4. The fraction of sp³-hybridized carbons (Fsp3) is 0.0769. The highest BCUT2D eigenvalue weighted by atomic mass is 32.2. The maximum atomic E-state index is 13.4. The van der Waals surface area contributed by atoms with Crippen molar-refractivity contribution >= 4 is 29.0 Å². The van der Waals surface area contributed by atoms with Gasteiger partial charge in [0.05, 0.1) is 4.91 Å². The number of hydrogen-bond acceptors (Lipinski definition) is 3. The summed E-state index contributed by atoms with van der Waals surface area (Å²) in [6.45, 7) is 3.65. The van der Waals surface area contributed by atoms with E-state index in [1.54, 1.807) is 18.2 Å². The maximum absolute atomic E-state index is 13.4. The largest absolute Gasteiger partial charge is 0.293 e. The smallest absolute Gasteiger partial charge is 0.268 e. The lowest BCUT2D eigenvalue weighted by Crippen LogP contribution is -2.27. The van der Waals surface area contributed by atoms with E-state index >= 15 is 0 Å². The van der Waals surface area contributed by atoms with Crippen LogP contribution in [0.15, 0.2) is 41.8 Å². The predicted octanol–water partition coefficient (Wildman–Crippen LogP) is 3.05. The minimum atomic E-state index is -0.423. The number of rotatable bonds is 3. The molecule has 0 radical (unpaired) electrons. The standard InChI is InChI=1S/C13H10FNO2S/c1-2-7-15-12(16)11(18-13(15)17)8-9-5-3-4-6-10(9)14/h2-6,8H,1,7H2. The molecule has 2 amide bonds. The van der Waals surface area contributed by atoms with E-state index in [1.165, 1.54) is 18.2 Å². The third-order valence-corrected chi connectivity index (χ3v) is 3.28. The van der Waals surface area contributed by atoms with Crippen LogP contribution in [0.4, 0.5) is 9.18 Å². The van der Waals surface area contributed by atoms with Gasteiger partial charge in [0.1, 0.15) is 5.82 Å². The van der Waals surface area contributed by atoms with E-state index in [1.807, 2.05) is 0 Å². The van der Waals surface area contributed by atoms with Gasteiger partial charge in [0, 0.05) is 12.1 Å². The molecule has 92 valence electrons. The Morgan fingerprint density at radius 2 is 2.06 bits per heavy atom. The molecule has 2 rings (SSSR count). The molecule has 0 saturated carbocycles. The van der Waals surface area contributed by atoms with Gasteiger partial charge in [-0.3, -0.25) is 14.5 Å². The zero-order chi connectivity index (χ0) is 13.1. The molecule has 0 atom stereocenters. The van der Waals surface area contributed by atoms with Crippen molar-refractivity contribution in [1.29, 1.82) is 0 Å². The number of thioether (sulfide) groups is 1. The molecule has 1 aromatic carbocycles. The number of amides is 2. The Labute approximate surface area is 108 Å². The molecule has 18 heavy (non-hydrogen) atoms. The Morgan fingerprint density at radius 3 is 2.72 bits per heavy atom. The number of nitrogens with zero attached hydrogens (tertiary/aromatic N) is 1. The molecular formula is C13H10FNO2S. The number of carbonyl (C=O) groups excluding carboxylic acids is 2. The average Bonchev–Trinajstić information content (AvgIpc) is 2.60. The van der Waals surface area contributed by atoms with E-state index in [0.717, 1.165) is 16.7 Å². The molecule has 1 heterocycles. The number of benzene rings is 1. The van der Waals surface area contributed by atoms with Crippen molar-refractivity contribution in [3.8, 4) is 0 Å². The highest BCUT2D eigenvalue weighted by molar-refractivity contribution is 8.18. The van der Waals surface area contributed by atoms with Gasteiger partial charge in [-0.25, -0.2) is 4.39 Å². The number of imide groups is 1. The van der Waals surface area contributed by atoms with Crippen molar-refractivity contribution in [1.82, 2.24) is 4.90 Å². The van der Waals surface area contributed by atoms with Crippen molar-refractivity contribution in [3.63, 3.8) is 0 Å². The van der Waals surface area contributed by atoms with Crippen molar-refractivity contribution in [2.45, 2.75) is 0 Å². The second-order valence-electron chi connectivity index (χ2n) is 3.60. The van der Waals surface area contributed by atoms with Crippen LogP contribution in [-0.4, -0.2) is 22.6 Å². The van der Waals surface area contributed by atoms with Crippen LogP contribution < -0.4 is 0 Å². The lowest BCUT2D eigenvalue weighted by Gasteiger charge is -2.07. The van der Waals surface area contributed by atoms with Crippen LogP contribution >= 0.6 is 11.8 Å². The second-order valence-corrected chi connectivity index (χ2v) is 4.60. The molecule has 3 nitrogen and oxygen atoms in total. The molecule has 1 aliphatic heterocycles. The fourth-order valence-corrected chi connectivity index (χ4v) is 2.36. The third kappa shape index (κ3) is 2.36. The van der Waals surface area contributed by atoms with Gasteiger partial charge in [-0.2, -0.15) is 0 Å². The first-order valence-corrected chi connectivity index (χ1v) is 6.06. The van der Waals surface area contributed by atoms with Gasteiger partial charge in [-0.1, -0.05) is 24.3 Å². The van der Waals surface area contributed by atoms with E-state index in [0.29, 0.717) is 5.56 Å². The Hall–Kier alpha value is -1.88. The Balaban J connectivity index is 2.31. The van der Waals surface area contributed by atoms with E-state index in [9.17, 15) is 14.0 Å². The lowest BCUT2D eigenvalue weighted by molar-refractivity contribution is -0.122. The van der Waals surface area contributed by atoms with Gasteiger partial charge in [0.2, 0.25) is 0 Å². The second kappa shape index (κ2) is 5.18. The summed E-state index contributed by atoms with van der Waals surface area (Å²) in [4.78, 5) is 24.7. The van der Waals surface area contributed by atoms with Gasteiger partial charge < -0.3 is 0 Å². The van der Waals surface area contributed by atoms with Crippen LogP contribution in [0.1, 0.15) is 5.56 Å². The summed E-state index contributed by atoms with van der Waals surface area (Å²) in [7, 11) is 0. The van der Waals surface area contributed by atoms with Crippen molar-refractivity contribution in [3.05, 3.63) is 53.2 Å². The molecule has 0 unspecified atom stereocenters. The summed E-state index contributed by atoms with van der Waals surface area (Å²) in [5.74, 6) is -0.832. The molecule has 0 aromatic heterocycles. The summed E-state index contributed by atoms with van der Waals surface area (Å²) in [5, 5.41) is -0.359. The lowest BCUT2D eigenvalue weighted by atomic mass is 10.2. The highest BCUT2D eigenvalue weighted by Crippen LogP contribution is 2.32. The maximum Gasteiger partial charge on any atom is 0.293 e. The molecule has 5 heteroatoms. The third-order valence-electron chi connectivity index (χ3n) is 2.38. The first kappa shape index (κ1) is 12.6. The molecule has 0 bridgehead atoms. The van der Waals surface area contributed by atoms with E-state index in [-0.39, 0.29) is 16.7 Å². The predicted molar refractivity (Wildman–Crippen MR) is 69.3 cm³/mol. The van der Waals surface area contributed by atoms with Crippen LogP contribution in [0.5, 0.6) is 0 Å². The molecule has 1 fully saturated rings. The van der Waals surface area contributed by atoms with Crippen molar-refractivity contribution in [2.75, 3.05) is 6.54 Å². The van der Waals surface area contributed by atoms with Gasteiger partial charge in [0.15, 0.2) is 0 Å². The fourth-order valence-electron chi connectivity index (χ4n) is 1.52. The first-order valence-electron chi connectivity index (χ1n) is 5.24. The van der Waals surface area contributed by atoms with Gasteiger partial charge in [-0.05, 0) is 23.9 Å². The SMILES string of the molecule is C=CCN1C(=O)SC(=Cc2ccccc2F)C1=O. The molecule has 1 saturated heterocycles. The van der Waals surface area contributed by atoms with Crippen LogP contribution in [0.3, 0.4) is 0 Å². The molecule has 0 spiro atoms. The van der Waals surface area contributed by atoms with Crippen LogP contribution in [0, 0.1) is 5.82 Å². The Bertz CT molecular complexity index is 554. The Morgan fingerprint density at radius 1 is 1.33 bits per heavy atom. The topological polar surface area (TPSA) is 37.4 Å². The number of carbonyl (C=O) groups is 2. The molecule has 0 aliphatic carbocycles. The minimum Gasteiger partial charge on any atom is -0.268 e. The van der Waals surface area contributed by atoms with Crippen molar-refractivity contribution < 1.29 is 14.0 Å². The van der Waals surface area contributed by atoms with Crippen LogP contribution in [-0.2, 0) is 4.79 Å². The number of halogens is 1. The molecule has 1 aromatic rings. The molecular weight excluding hydrogens is 253 g/mol. The van der Waals surface area contributed by atoms with Crippen LogP contribution in [0.25, 0.3) is 6.08 Å². The van der Waals surface area contributed by atoms with Crippen LogP contribution in [0.2, 0.25) is 0 Å². The van der Waals surface area contributed by atoms with E-state index in [2.05, 4.69) is 6.58 Å². The number of hydrogen-bond donors (Lipinski definition) is 0. The van der Waals surface area contributed by atoms with Gasteiger partial charge in [0.25, 0.3) is 11.1 Å². The van der Waals surface area contributed by atoms with E-state index < -0.39 is 11.7 Å². The molecule has 0 N–H and O–H groups in total. The summed E-state index contributed by atoms with van der Waals surface area (Å²) in [5.41, 5.74) is 0.293. The average molecular weight is 263 g/mol. The summed E-state index contributed by atoms with van der Waals surface area (Å²) in [6, 6.07) is 6.09. The normalized spacial score (nSPS) is 17.6. The minimum absolute atomic E-state index is 0.166. The Kier molecular flexibility index (Phi) is 3.62. The van der Waals surface area contributed by atoms with Gasteiger partial charge in [-0.15, -0.1) is 6.58 Å². The first-order chi connectivity index (χ1) is 8.63. The van der Waals surface area contributed by atoms with E-state index in [4.69, 9.17) is 0 Å². The zero-order valence-corrected chi connectivity index (χ0v) is 10.2. The molecule has 1 aliphatic rings. The van der Waals surface area contributed by atoms with Crippen molar-refractivity contribution in [2.24, 2.45) is 0 Å². The summed E-state index contributed by atoms with van der Waals surface area (Å²) >= 11 is 0.809.